The molecule has 17 heavy (non-hydrogen) atoms. The standard InChI is InChI=1S/C9H12BF5O2/c1-16-3-17-8-6(11)4(9(13,14)15)2-5(10)7(8)12/h4-6H,2-3,10H2,1H3. The number of ether oxygens (including phenoxy) is 2. The molecular formula is C9H12BF5O2. The van der Waals surface area contributed by atoms with Crippen molar-refractivity contribution < 1.29 is 31.4 Å². The summed E-state index contributed by atoms with van der Waals surface area (Å²) in [6.45, 7) is -0.486. The summed E-state index contributed by atoms with van der Waals surface area (Å²) < 4.78 is 73.6. The third-order valence-corrected chi connectivity index (χ3v) is 2.63. The number of halogens is 5. The lowest BCUT2D eigenvalue weighted by Crippen LogP contribution is -2.38. The van der Waals surface area contributed by atoms with E-state index in [2.05, 4.69) is 9.47 Å². The van der Waals surface area contributed by atoms with E-state index in [0.717, 1.165) is 0 Å². The lowest BCUT2D eigenvalue weighted by molar-refractivity contribution is -0.196. The first kappa shape index (κ1) is 14.3. The average Bonchev–Trinajstić information content (AvgIpc) is 2.22. The quantitative estimate of drug-likeness (QED) is 0.438. The van der Waals surface area contributed by atoms with Gasteiger partial charge in [-0.3, -0.25) is 0 Å². The molecule has 0 aliphatic heterocycles. The molecule has 0 aromatic rings. The third-order valence-electron chi connectivity index (χ3n) is 2.63. The smallest absolute Gasteiger partial charge is 0.395 e. The number of allylic oxidation sites excluding steroid dienone is 2. The summed E-state index contributed by atoms with van der Waals surface area (Å²) in [5.74, 6) is -5.12. The molecule has 3 unspecified atom stereocenters. The molecule has 0 amide bonds. The van der Waals surface area contributed by atoms with Gasteiger partial charge in [0.25, 0.3) is 0 Å². The molecule has 0 aromatic heterocycles. The van der Waals surface area contributed by atoms with Crippen LogP contribution in [0.3, 0.4) is 0 Å². The Balaban J connectivity index is 2.94. The number of alkyl halides is 4. The van der Waals surface area contributed by atoms with E-state index in [4.69, 9.17) is 0 Å². The Morgan fingerprint density at radius 1 is 1.41 bits per heavy atom. The van der Waals surface area contributed by atoms with E-state index in [-0.39, 0.29) is 0 Å². The van der Waals surface area contributed by atoms with Gasteiger partial charge in [-0.05, 0) is 12.2 Å². The first-order valence-electron chi connectivity index (χ1n) is 5.01. The van der Waals surface area contributed by atoms with Crippen molar-refractivity contribution >= 4 is 7.85 Å². The molecule has 0 radical (unpaired) electrons. The lowest BCUT2D eigenvalue weighted by Gasteiger charge is -2.32. The molecule has 0 fully saturated rings. The van der Waals surface area contributed by atoms with Crippen LogP contribution in [0, 0.1) is 5.92 Å². The first-order valence-corrected chi connectivity index (χ1v) is 5.01. The van der Waals surface area contributed by atoms with E-state index >= 15 is 0 Å². The van der Waals surface area contributed by atoms with E-state index in [0.29, 0.717) is 0 Å². The molecule has 0 bridgehead atoms. The number of methoxy groups -OCH3 is 1. The second-order valence-electron chi connectivity index (χ2n) is 3.95. The zero-order valence-corrected chi connectivity index (χ0v) is 9.35. The number of hydrogen-bond acceptors (Lipinski definition) is 2. The minimum Gasteiger partial charge on any atom is -0.466 e. The summed E-state index contributed by atoms with van der Waals surface area (Å²) in [5.41, 5.74) is 0. The highest BCUT2D eigenvalue weighted by molar-refractivity contribution is 6.13. The van der Waals surface area contributed by atoms with E-state index in [1.807, 2.05) is 0 Å². The van der Waals surface area contributed by atoms with Crippen LogP contribution >= 0.6 is 0 Å². The average molecular weight is 258 g/mol. The summed E-state index contributed by atoms with van der Waals surface area (Å²) in [4.78, 5) is 0. The van der Waals surface area contributed by atoms with Crippen molar-refractivity contribution in [3.05, 3.63) is 11.6 Å². The zero-order valence-electron chi connectivity index (χ0n) is 9.35. The van der Waals surface area contributed by atoms with Crippen LogP contribution < -0.4 is 0 Å². The number of hydrogen-bond donors (Lipinski definition) is 0. The van der Waals surface area contributed by atoms with Gasteiger partial charge in [-0.15, -0.1) is 0 Å². The molecule has 0 heterocycles. The highest BCUT2D eigenvalue weighted by Crippen LogP contribution is 2.46. The predicted molar refractivity (Wildman–Crippen MR) is 52.4 cm³/mol. The second kappa shape index (κ2) is 5.24. The van der Waals surface area contributed by atoms with Crippen LogP contribution in [0.25, 0.3) is 0 Å². The predicted octanol–water partition coefficient (Wildman–Crippen LogP) is 2.13. The van der Waals surface area contributed by atoms with Gasteiger partial charge < -0.3 is 9.47 Å². The van der Waals surface area contributed by atoms with E-state index < -0.39 is 48.9 Å². The van der Waals surface area contributed by atoms with Crippen molar-refractivity contribution in [3.8, 4) is 0 Å². The van der Waals surface area contributed by atoms with Gasteiger partial charge in [-0.2, -0.15) is 13.2 Å². The third kappa shape index (κ3) is 3.11. The molecule has 0 saturated carbocycles. The number of rotatable bonds is 3. The lowest BCUT2D eigenvalue weighted by atomic mass is 9.72. The fourth-order valence-corrected chi connectivity index (χ4v) is 1.73. The minimum atomic E-state index is -4.71. The fraction of sp³-hybridized carbons (Fsp3) is 0.778. The van der Waals surface area contributed by atoms with Crippen molar-refractivity contribution in [2.24, 2.45) is 5.92 Å². The van der Waals surface area contributed by atoms with Crippen molar-refractivity contribution in [1.82, 2.24) is 0 Å². The van der Waals surface area contributed by atoms with E-state index in [9.17, 15) is 22.0 Å². The van der Waals surface area contributed by atoms with Gasteiger partial charge in [0.2, 0.25) is 0 Å². The maximum Gasteiger partial charge on any atom is 0.395 e. The van der Waals surface area contributed by atoms with Crippen LogP contribution in [0.15, 0.2) is 11.6 Å². The molecule has 0 aromatic carbocycles. The van der Waals surface area contributed by atoms with Gasteiger partial charge >= 0.3 is 6.18 Å². The summed E-state index contributed by atoms with van der Waals surface area (Å²) in [5, 5.41) is 0. The topological polar surface area (TPSA) is 18.5 Å². The maximum atomic E-state index is 13.6. The first-order chi connectivity index (χ1) is 7.79. The highest BCUT2D eigenvalue weighted by Gasteiger charge is 2.51. The Morgan fingerprint density at radius 3 is 2.47 bits per heavy atom. The summed E-state index contributed by atoms with van der Waals surface area (Å²) >= 11 is 0. The summed E-state index contributed by atoms with van der Waals surface area (Å²) in [7, 11) is 2.47. The molecule has 2 nitrogen and oxygen atoms in total. The van der Waals surface area contributed by atoms with E-state index in [1.165, 1.54) is 15.0 Å². The van der Waals surface area contributed by atoms with Crippen LogP contribution in [0.1, 0.15) is 6.42 Å². The second-order valence-corrected chi connectivity index (χ2v) is 3.95. The molecule has 0 spiro atoms. The van der Waals surface area contributed by atoms with E-state index in [1.54, 1.807) is 0 Å². The molecular weight excluding hydrogens is 246 g/mol. The SMILES string of the molecule is BC1CC(C(F)(F)F)C(F)C(OCOC)=C1F. The molecule has 1 aliphatic carbocycles. The van der Waals surface area contributed by atoms with Crippen LogP contribution in [0.2, 0.25) is 5.82 Å². The van der Waals surface area contributed by atoms with Crippen molar-refractivity contribution in [3.63, 3.8) is 0 Å². The van der Waals surface area contributed by atoms with Crippen LogP contribution in [-0.4, -0.2) is 34.1 Å². The van der Waals surface area contributed by atoms with Crippen molar-refractivity contribution in [2.45, 2.75) is 24.6 Å². The van der Waals surface area contributed by atoms with Gasteiger partial charge in [-0.1, -0.05) is 0 Å². The molecule has 1 aliphatic rings. The van der Waals surface area contributed by atoms with Gasteiger partial charge in [0.05, 0.1) is 5.92 Å². The van der Waals surface area contributed by atoms with Crippen molar-refractivity contribution in [1.29, 1.82) is 0 Å². The monoisotopic (exact) mass is 258 g/mol. The summed E-state index contributed by atoms with van der Waals surface area (Å²) in [6, 6.07) is 0. The Hall–Kier alpha value is -0.785. The minimum absolute atomic E-state index is 0.486. The van der Waals surface area contributed by atoms with Crippen LogP contribution in [0.5, 0.6) is 0 Å². The largest absolute Gasteiger partial charge is 0.466 e. The molecule has 98 valence electrons. The van der Waals surface area contributed by atoms with Gasteiger partial charge in [0.1, 0.15) is 13.7 Å². The molecule has 0 saturated heterocycles. The maximum absolute atomic E-state index is 13.6. The van der Waals surface area contributed by atoms with Crippen LogP contribution in [-0.2, 0) is 9.47 Å². The van der Waals surface area contributed by atoms with Gasteiger partial charge in [0.15, 0.2) is 18.7 Å². The zero-order chi connectivity index (χ0) is 13.2. The summed E-state index contributed by atoms with van der Waals surface area (Å²) in [6.07, 6.45) is -7.84. The van der Waals surface area contributed by atoms with Gasteiger partial charge in [0, 0.05) is 7.11 Å². The molecule has 8 heteroatoms. The van der Waals surface area contributed by atoms with Crippen molar-refractivity contribution in [2.75, 3.05) is 13.9 Å². The Labute approximate surface area is 96.2 Å². The fourth-order valence-electron chi connectivity index (χ4n) is 1.73. The van der Waals surface area contributed by atoms with Gasteiger partial charge in [-0.25, -0.2) is 8.78 Å². The molecule has 1 rings (SSSR count). The Bertz CT molecular complexity index is 304. The molecule has 0 N–H and O–H groups in total. The highest BCUT2D eigenvalue weighted by atomic mass is 19.4. The van der Waals surface area contributed by atoms with Crippen LogP contribution in [0.4, 0.5) is 22.0 Å². The molecule has 3 atom stereocenters. The normalized spacial score (nSPS) is 30.6. The Morgan fingerprint density at radius 2 is 2.00 bits per heavy atom. The Kier molecular flexibility index (Phi) is 4.40.